The van der Waals surface area contributed by atoms with Crippen molar-refractivity contribution in [2.24, 2.45) is 0 Å². The molecule has 0 aliphatic carbocycles. The van der Waals surface area contributed by atoms with Crippen molar-refractivity contribution in [2.45, 2.75) is 52.4 Å². The van der Waals surface area contributed by atoms with Gasteiger partial charge in [0.2, 0.25) is 0 Å². The van der Waals surface area contributed by atoms with Crippen LogP contribution in [-0.4, -0.2) is 25.9 Å². The van der Waals surface area contributed by atoms with Gasteiger partial charge in [-0.2, -0.15) is 0 Å². The molecule has 0 aliphatic heterocycles. The maximum absolute atomic E-state index is 10.1. The van der Waals surface area contributed by atoms with E-state index in [4.69, 9.17) is 0 Å². The van der Waals surface area contributed by atoms with Crippen LogP contribution in [0.2, 0.25) is 0 Å². The Morgan fingerprint density at radius 2 is 0.867 bits per heavy atom. The summed E-state index contributed by atoms with van der Waals surface area (Å²) in [7, 11) is -8.46. The Kier molecular flexibility index (Phi) is 34.6. The molecule has 0 N–H and O–H groups in total. The van der Waals surface area contributed by atoms with E-state index >= 15 is 0 Å². The van der Waals surface area contributed by atoms with Crippen LogP contribution in [0.4, 0.5) is 0 Å². The van der Waals surface area contributed by atoms with Gasteiger partial charge in [0.05, 0.1) is 0 Å². The van der Waals surface area contributed by atoms with Crippen molar-refractivity contribution in [1.82, 2.24) is 0 Å². The summed E-state index contributed by atoms with van der Waals surface area (Å²) in [5, 5.41) is 1.26. The molecule has 0 spiro atoms. The van der Waals surface area contributed by atoms with Crippen molar-refractivity contribution in [1.29, 1.82) is 0 Å². The smallest absolute Gasteiger partial charge is 0.744 e. The first kappa shape index (κ1) is 38.8. The Balaban J connectivity index is -0.000000211. The minimum Gasteiger partial charge on any atom is -0.744 e. The third-order valence-electron chi connectivity index (χ3n) is 2.88. The predicted molar refractivity (Wildman–Crippen MR) is 113 cm³/mol. The van der Waals surface area contributed by atoms with Gasteiger partial charge in [0.25, 0.3) is 0 Å². The molecule has 0 aromatic carbocycles. The van der Waals surface area contributed by atoms with Crippen molar-refractivity contribution in [3.63, 3.8) is 0 Å². The van der Waals surface area contributed by atoms with Crippen LogP contribution in [0.5, 0.6) is 0 Å². The summed E-state index contributed by atoms with van der Waals surface area (Å²) >= 11 is 0. The van der Waals surface area contributed by atoms with Gasteiger partial charge in [-0.3, -0.25) is 0 Å². The number of hydrogen-bond acceptors (Lipinski definition) is 6. The Hall–Kier alpha value is 1.53. The fourth-order valence-electron chi connectivity index (χ4n) is 1.53. The van der Waals surface area contributed by atoms with E-state index < -0.39 is 20.2 Å². The zero-order valence-electron chi connectivity index (χ0n) is 18.4. The standard InChI is InChI=1S/2C10H16O3S.2K/c2*1-2-3-4-5-6-7-8-9-10-14(11,12)13;;/h2*5-10H,2-4H2,1H3,(H,11,12,13);;/q;;2*+1/p-2. The monoisotopic (exact) mass is 508 g/mol. The molecule has 0 bridgehead atoms. The molecular weight excluding hydrogens is 479 g/mol. The Morgan fingerprint density at radius 1 is 0.567 bits per heavy atom. The minimum atomic E-state index is -4.23. The SMILES string of the molecule is CCCCC=CC=CC=CS(=O)(=O)[O-].CCCCC=CC=CC=CS(=O)(=O)[O-].[K+].[K+]. The zero-order valence-corrected chi connectivity index (χ0v) is 26.3. The van der Waals surface area contributed by atoms with Crippen molar-refractivity contribution in [3.8, 4) is 0 Å². The predicted octanol–water partition coefficient (Wildman–Crippen LogP) is -1.30. The number of allylic oxidation sites excluding steroid dienone is 10. The molecule has 0 saturated carbocycles. The van der Waals surface area contributed by atoms with Gasteiger partial charge in [-0.05, 0) is 12.8 Å². The molecule has 10 heteroatoms. The molecule has 0 amide bonds. The van der Waals surface area contributed by atoms with Gasteiger partial charge >= 0.3 is 103 Å². The summed E-state index contributed by atoms with van der Waals surface area (Å²) in [6.45, 7) is 4.23. The van der Waals surface area contributed by atoms with E-state index in [1.54, 1.807) is 12.2 Å². The van der Waals surface area contributed by atoms with Crippen molar-refractivity contribution >= 4 is 20.2 Å². The topological polar surface area (TPSA) is 114 Å². The summed E-state index contributed by atoms with van der Waals surface area (Å²) in [6.07, 6.45) is 23.1. The van der Waals surface area contributed by atoms with E-state index in [0.29, 0.717) is 10.8 Å². The van der Waals surface area contributed by atoms with E-state index in [1.165, 1.54) is 24.3 Å². The molecule has 0 saturated heterocycles. The summed E-state index contributed by atoms with van der Waals surface area (Å²) in [6, 6.07) is 0. The van der Waals surface area contributed by atoms with Gasteiger partial charge in [-0.15, -0.1) is 0 Å². The second kappa shape index (κ2) is 26.8. The largest absolute Gasteiger partial charge is 1.00 e. The molecule has 0 heterocycles. The Labute approximate surface area is 268 Å². The van der Waals surface area contributed by atoms with Gasteiger partial charge in [-0.1, -0.05) is 100 Å². The van der Waals surface area contributed by atoms with Crippen LogP contribution in [0.15, 0.2) is 71.6 Å². The van der Waals surface area contributed by atoms with Crippen LogP contribution in [-0.2, 0) is 20.2 Å². The average Bonchev–Trinajstić information content (AvgIpc) is 2.58. The van der Waals surface area contributed by atoms with Crippen LogP contribution in [0, 0.1) is 0 Å². The average molecular weight is 509 g/mol. The molecular formula is C20H30K2O6S2. The molecule has 0 aliphatic rings. The first-order valence-corrected chi connectivity index (χ1v) is 12.0. The minimum absolute atomic E-state index is 0. The summed E-state index contributed by atoms with van der Waals surface area (Å²) in [4.78, 5) is 0. The summed E-state index contributed by atoms with van der Waals surface area (Å²) in [5.74, 6) is 0. The molecule has 30 heavy (non-hydrogen) atoms. The quantitative estimate of drug-likeness (QED) is 0.140. The maximum Gasteiger partial charge on any atom is 1.00 e. The van der Waals surface area contributed by atoms with Crippen LogP contribution in [0.3, 0.4) is 0 Å². The molecule has 160 valence electrons. The van der Waals surface area contributed by atoms with Crippen LogP contribution >= 0.6 is 0 Å². The molecule has 0 fully saturated rings. The molecule has 0 radical (unpaired) electrons. The van der Waals surface area contributed by atoms with Gasteiger partial charge < -0.3 is 9.11 Å². The van der Waals surface area contributed by atoms with Crippen molar-refractivity contribution < 1.29 is 129 Å². The van der Waals surface area contributed by atoms with E-state index in [0.717, 1.165) is 38.5 Å². The van der Waals surface area contributed by atoms with Gasteiger partial charge in [0, 0.05) is 10.8 Å². The van der Waals surface area contributed by atoms with Crippen molar-refractivity contribution in [3.05, 3.63) is 71.6 Å². The second-order valence-electron chi connectivity index (χ2n) is 5.55. The van der Waals surface area contributed by atoms with Crippen LogP contribution in [0.1, 0.15) is 52.4 Å². The van der Waals surface area contributed by atoms with E-state index in [1.807, 2.05) is 24.3 Å². The van der Waals surface area contributed by atoms with Gasteiger partial charge in [0.15, 0.2) is 0 Å². The number of unbranched alkanes of at least 4 members (excludes halogenated alkanes) is 4. The van der Waals surface area contributed by atoms with Crippen LogP contribution in [0.25, 0.3) is 0 Å². The van der Waals surface area contributed by atoms with E-state index in [-0.39, 0.29) is 103 Å². The molecule has 0 aromatic heterocycles. The fraction of sp³-hybridized carbons (Fsp3) is 0.400. The van der Waals surface area contributed by atoms with Gasteiger partial charge in [0.1, 0.15) is 20.2 Å². The fourth-order valence-corrected chi connectivity index (χ4v) is 2.10. The Morgan fingerprint density at radius 3 is 1.13 bits per heavy atom. The molecule has 0 atom stereocenters. The maximum atomic E-state index is 10.1. The first-order valence-electron chi connectivity index (χ1n) is 9.04. The van der Waals surface area contributed by atoms with Crippen LogP contribution < -0.4 is 103 Å². The normalized spacial score (nSPS) is 12.7. The molecule has 0 rings (SSSR count). The zero-order chi connectivity index (χ0) is 21.7. The summed E-state index contributed by atoms with van der Waals surface area (Å²) < 4.78 is 60.7. The Bertz CT molecular complexity index is 697. The van der Waals surface area contributed by atoms with Crippen molar-refractivity contribution in [2.75, 3.05) is 0 Å². The number of rotatable bonds is 12. The third kappa shape index (κ3) is 43.4. The van der Waals surface area contributed by atoms with E-state index in [2.05, 4.69) is 13.8 Å². The molecule has 0 aromatic rings. The summed E-state index contributed by atoms with van der Waals surface area (Å²) in [5.41, 5.74) is 0. The molecule has 6 nitrogen and oxygen atoms in total. The number of hydrogen-bond donors (Lipinski definition) is 0. The first-order chi connectivity index (χ1) is 13.1. The molecule has 0 unspecified atom stereocenters. The van der Waals surface area contributed by atoms with Gasteiger partial charge in [-0.25, -0.2) is 16.8 Å². The van der Waals surface area contributed by atoms with E-state index in [9.17, 15) is 25.9 Å². The third-order valence-corrected chi connectivity index (χ3v) is 3.86. The second-order valence-corrected chi connectivity index (χ2v) is 8.07.